The second kappa shape index (κ2) is 4.93. The molecule has 0 atom stereocenters. The van der Waals surface area contributed by atoms with E-state index in [1.807, 2.05) is 12.3 Å². The molecule has 16 heavy (non-hydrogen) atoms. The van der Waals surface area contributed by atoms with Gasteiger partial charge in [-0.05, 0) is 41.1 Å². The maximum absolute atomic E-state index is 12.8. The summed E-state index contributed by atoms with van der Waals surface area (Å²) in [7, 11) is 0. The Morgan fingerprint density at radius 1 is 1.50 bits per heavy atom. The highest BCUT2D eigenvalue weighted by molar-refractivity contribution is 9.10. The summed E-state index contributed by atoms with van der Waals surface area (Å²) in [5.74, 6) is -0.248. The van der Waals surface area contributed by atoms with Gasteiger partial charge in [-0.1, -0.05) is 0 Å². The third-order valence-electron chi connectivity index (χ3n) is 2.06. The molecule has 5 heteroatoms. The van der Waals surface area contributed by atoms with Gasteiger partial charge in [0.05, 0.1) is 17.2 Å². The maximum Gasteiger partial charge on any atom is 0.124 e. The van der Waals surface area contributed by atoms with Gasteiger partial charge in [-0.15, -0.1) is 11.3 Å². The molecule has 0 saturated carbocycles. The molecule has 0 fully saturated rings. The van der Waals surface area contributed by atoms with Crippen molar-refractivity contribution in [2.75, 3.05) is 5.32 Å². The van der Waals surface area contributed by atoms with Crippen LogP contribution in [0.3, 0.4) is 0 Å². The Hall–Kier alpha value is -0.940. The van der Waals surface area contributed by atoms with Gasteiger partial charge in [0.15, 0.2) is 0 Å². The minimum Gasteiger partial charge on any atom is -0.378 e. The first-order chi connectivity index (χ1) is 7.65. The van der Waals surface area contributed by atoms with Crippen LogP contribution in [0.15, 0.2) is 28.1 Å². The van der Waals surface area contributed by atoms with Gasteiger partial charge in [-0.2, -0.15) is 0 Å². The molecule has 2 nitrogen and oxygen atoms in total. The van der Waals surface area contributed by atoms with Gasteiger partial charge in [0.1, 0.15) is 5.82 Å². The van der Waals surface area contributed by atoms with Crippen LogP contribution in [0.25, 0.3) is 0 Å². The summed E-state index contributed by atoms with van der Waals surface area (Å²) < 4.78 is 13.6. The molecule has 0 aliphatic heterocycles. The van der Waals surface area contributed by atoms with Crippen molar-refractivity contribution in [1.82, 2.24) is 4.98 Å². The lowest BCUT2D eigenvalue weighted by Gasteiger charge is -2.06. The smallest absolute Gasteiger partial charge is 0.124 e. The third kappa shape index (κ3) is 2.80. The molecule has 2 aromatic rings. The minimum absolute atomic E-state index is 0.248. The first-order valence-corrected chi connectivity index (χ1v) is 6.42. The molecule has 0 bridgehead atoms. The van der Waals surface area contributed by atoms with E-state index in [1.54, 1.807) is 17.4 Å². The molecule has 0 amide bonds. The minimum atomic E-state index is -0.248. The largest absolute Gasteiger partial charge is 0.378 e. The predicted molar refractivity (Wildman–Crippen MR) is 68.3 cm³/mol. The topological polar surface area (TPSA) is 24.9 Å². The van der Waals surface area contributed by atoms with E-state index < -0.39 is 0 Å². The lowest BCUT2D eigenvalue weighted by atomic mass is 10.3. The fraction of sp³-hybridized carbons (Fsp3) is 0.182. The van der Waals surface area contributed by atoms with Crippen molar-refractivity contribution < 1.29 is 4.39 Å². The molecule has 0 aliphatic rings. The highest BCUT2D eigenvalue weighted by atomic mass is 79.9. The molecular formula is C11H10BrFN2S. The van der Waals surface area contributed by atoms with E-state index >= 15 is 0 Å². The SMILES string of the molecule is Cc1nc(CNc2ccc(F)cc2Br)cs1. The van der Waals surface area contributed by atoms with Crippen LogP contribution in [0.1, 0.15) is 10.7 Å². The number of rotatable bonds is 3. The summed E-state index contributed by atoms with van der Waals surface area (Å²) in [6, 6.07) is 4.58. The molecule has 0 aliphatic carbocycles. The summed E-state index contributed by atoms with van der Waals surface area (Å²) in [6.07, 6.45) is 0. The number of nitrogens with zero attached hydrogens (tertiary/aromatic N) is 1. The summed E-state index contributed by atoms with van der Waals surface area (Å²) in [5, 5.41) is 6.26. The van der Waals surface area contributed by atoms with Crippen molar-refractivity contribution in [1.29, 1.82) is 0 Å². The van der Waals surface area contributed by atoms with Crippen molar-refractivity contribution in [3.63, 3.8) is 0 Å². The van der Waals surface area contributed by atoms with Gasteiger partial charge in [0, 0.05) is 15.5 Å². The van der Waals surface area contributed by atoms with Gasteiger partial charge >= 0.3 is 0 Å². The summed E-state index contributed by atoms with van der Waals surface area (Å²) >= 11 is 4.93. The van der Waals surface area contributed by atoms with Crippen LogP contribution in [-0.4, -0.2) is 4.98 Å². The van der Waals surface area contributed by atoms with Crippen molar-refractivity contribution >= 4 is 33.0 Å². The molecular weight excluding hydrogens is 291 g/mol. The predicted octanol–water partition coefficient (Wildman–Crippen LogP) is 3.97. The Kier molecular flexibility index (Phi) is 3.56. The van der Waals surface area contributed by atoms with Crippen molar-refractivity contribution in [2.24, 2.45) is 0 Å². The zero-order valence-corrected chi connectivity index (χ0v) is 11.0. The molecule has 1 heterocycles. The summed E-state index contributed by atoms with van der Waals surface area (Å²) in [6.45, 7) is 2.62. The fourth-order valence-corrected chi connectivity index (χ4v) is 2.41. The third-order valence-corrected chi connectivity index (χ3v) is 3.54. The number of hydrogen-bond acceptors (Lipinski definition) is 3. The monoisotopic (exact) mass is 300 g/mol. The van der Waals surface area contributed by atoms with E-state index in [-0.39, 0.29) is 5.82 Å². The number of aromatic nitrogens is 1. The average Bonchev–Trinajstić information content (AvgIpc) is 2.63. The van der Waals surface area contributed by atoms with E-state index in [0.717, 1.165) is 20.9 Å². The van der Waals surface area contributed by atoms with Gasteiger partial charge in [0.2, 0.25) is 0 Å². The lowest BCUT2D eigenvalue weighted by Crippen LogP contribution is -2.00. The summed E-state index contributed by atoms with van der Waals surface area (Å²) in [4.78, 5) is 4.34. The molecule has 84 valence electrons. The standard InChI is InChI=1S/C11H10BrFN2S/c1-7-15-9(6-16-7)5-14-11-3-2-8(13)4-10(11)12/h2-4,6,14H,5H2,1H3. The van der Waals surface area contributed by atoms with Crippen molar-refractivity contribution in [3.05, 3.63) is 44.6 Å². The number of halogens is 2. The highest BCUT2D eigenvalue weighted by Gasteiger charge is 2.02. The highest BCUT2D eigenvalue weighted by Crippen LogP contribution is 2.23. The molecule has 0 saturated heterocycles. The molecule has 1 N–H and O–H groups in total. The van der Waals surface area contributed by atoms with Gasteiger partial charge in [-0.25, -0.2) is 9.37 Å². The van der Waals surface area contributed by atoms with E-state index in [1.165, 1.54) is 12.1 Å². The molecule has 0 spiro atoms. The quantitative estimate of drug-likeness (QED) is 0.928. The molecule has 2 rings (SSSR count). The van der Waals surface area contributed by atoms with Crippen LogP contribution in [0, 0.1) is 12.7 Å². The second-order valence-electron chi connectivity index (χ2n) is 3.34. The zero-order valence-electron chi connectivity index (χ0n) is 8.63. The maximum atomic E-state index is 12.8. The Balaban J connectivity index is 2.04. The van der Waals surface area contributed by atoms with Crippen molar-refractivity contribution in [2.45, 2.75) is 13.5 Å². The van der Waals surface area contributed by atoms with E-state index in [0.29, 0.717) is 6.54 Å². The summed E-state index contributed by atoms with van der Waals surface area (Å²) in [5.41, 5.74) is 1.87. The Labute approximate surface area is 106 Å². The van der Waals surface area contributed by atoms with Crippen LogP contribution in [0.5, 0.6) is 0 Å². The van der Waals surface area contributed by atoms with Gasteiger partial charge < -0.3 is 5.32 Å². The van der Waals surface area contributed by atoms with Crippen LogP contribution in [0.4, 0.5) is 10.1 Å². The second-order valence-corrected chi connectivity index (χ2v) is 5.25. The zero-order chi connectivity index (χ0) is 11.5. The van der Waals surface area contributed by atoms with E-state index in [2.05, 4.69) is 26.2 Å². The van der Waals surface area contributed by atoms with Crippen LogP contribution in [-0.2, 0) is 6.54 Å². The first-order valence-electron chi connectivity index (χ1n) is 4.75. The fourth-order valence-electron chi connectivity index (χ4n) is 1.31. The van der Waals surface area contributed by atoms with Gasteiger partial charge in [-0.3, -0.25) is 0 Å². The molecule has 1 aromatic heterocycles. The number of nitrogens with one attached hydrogen (secondary N) is 1. The van der Waals surface area contributed by atoms with Crippen LogP contribution < -0.4 is 5.32 Å². The van der Waals surface area contributed by atoms with E-state index in [4.69, 9.17) is 0 Å². The van der Waals surface area contributed by atoms with Crippen LogP contribution in [0.2, 0.25) is 0 Å². The number of benzene rings is 1. The Morgan fingerprint density at radius 2 is 2.31 bits per heavy atom. The van der Waals surface area contributed by atoms with Crippen molar-refractivity contribution in [3.8, 4) is 0 Å². The number of anilines is 1. The van der Waals surface area contributed by atoms with Gasteiger partial charge in [0.25, 0.3) is 0 Å². The van der Waals surface area contributed by atoms with E-state index in [9.17, 15) is 4.39 Å². The number of aryl methyl sites for hydroxylation is 1. The van der Waals surface area contributed by atoms with Crippen LogP contribution >= 0.6 is 27.3 Å². The molecule has 0 unspecified atom stereocenters. The number of hydrogen-bond donors (Lipinski definition) is 1. The Morgan fingerprint density at radius 3 is 2.94 bits per heavy atom. The Bertz CT molecular complexity index is 498. The lowest BCUT2D eigenvalue weighted by molar-refractivity contribution is 0.627. The first kappa shape index (κ1) is 11.5. The molecule has 1 aromatic carbocycles. The normalized spacial score (nSPS) is 10.4. The average molecular weight is 301 g/mol. The molecule has 0 radical (unpaired) electrons. The number of thiazole rings is 1.